The SMILES string of the molecule is CC1(C)O[C@H]2O[C@@H]3CCCN[C@@H]3[C@H]2O1. The van der Waals surface area contributed by atoms with Gasteiger partial charge in [-0.25, -0.2) is 0 Å². The summed E-state index contributed by atoms with van der Waals surface area (Å²) in [6.45, 7) is 4.94. The van der Waals surface area contributed by atoms with E-state index in [0.29, 0.717) is 6.04 Å². The van der Waals surface area contributed by atoms with Crippen LogP contribution in [0.4, 0.5) is 0 Å². The topological polar surface area (TPSA) is 39.7 Å². The maximum absolute atomic E-state index is 5.83. The second kappa shape index (κ2) is 2.92. The lowest BCUT2D eigenvalue weighted by Crippen LogP contribution is -2.49. The van der Waals surface area contributed by atoms with Gasteiger partial charge < -0.3 is 19.5 Å². The Bertz CT molecular complexity index is 244. The molecule has 0 aromatic heterocycles. The molecule has 3 aliphatic rings. The maximum Gasteiger partial charge on any atom is 0.189 e. The molecule has 0 aromatic carbocycles. The molecule has 3 heterocycles. The summed E-state index contributed by atoms with van der Waals surface area (Å²) in [6, 6.07) is 0.329. The predicted molar refractivity (Wildman–Crippen MR) is 49.7 cm³/mol. The van der Waals surface area contributed by atoms with Crippen LogP contribution in [0.5, 0.6) is 0 Å². The number of nitrogens with one attached hydrogen (secondary N) is 1. The Kier molecular flexibility index (Phi) is 1.89. The van der Waals surface area contributed by atoms with Crippen LogP contribution in [0.25, 0.3) is 0 Å². The summed E-state index contributed by atoms with van der Waals surface area (Å²) < 4.78 is 17.3. The lowest BCUT2D eigenvalue weighted by Gasteiger charge is -2.29. The lowest BCUT2D eigenvalue weighted by molar-refractivity contribution is -0.209. The zero-order valence-electron chi connectivity index (χ0n) is 8.66. The number of ether oxygens (including phenoxy) is 3. The van der Waals surface area contributed by atoms with E-state index in [9.17, 15) is 0 Å². The molecular weight excluding hydrogens is 182 g/mol. The van der Waals surface area contributed by atoms with Gasteiger partial charge >= 0.3 is 0 Å². The molecule has 3 aliphatic heterocycles. The van der Waals surface area contributed by atoms with E-state index in [2.05, 4.69) is 5.32 Å². The molecule has 0 aliphatic carbocycles. The van der Waals surface area contributed by atoms with Crippen molar-refractivity contribution in [1.29, 1.82) is 0 Å². The Morgan fingerprint density at radius 3 is 3.00 bits per heavy atom. The van der Waals surface area contributed by atoms with Crippen LogP contribution in [-0.2, 0) is 14.2 Å². The van der Waals surface area contributed by atoms with Gasteiger partial charge in [-0.05, 0) is 33.2 Å². The molecule has 4 nitrogen and oxygen atoms in total. The monoisotopic (exact) mass is 199 g/mol. The first kappa shape index (κ1) is 9.09. The van der Waals surface area contributed by atoms with Gasteiger partial charge in [-0.2, -0.15) is 0 Å². The minimum absolute atomic E-state index is 0.0790. The highest BCUT2D eigenvalue weighted by atomic mass is 16.8. The number of fused-ring (bicyclic) bond motifs is 3. The van der Waals surface area contributed by atoms with Crippen LogP contribution in [0.2, 0.25) is 0 Å². The highest BCUT2D eigenvalue weighted by Crippen LogP contribution is 2.39. The average Bonchev–Trinajstić information content (AvgIpc) is 2.56. The molecule has 4 atom stereocenters. The van der Waals surface area contributed by atoms with E-state index in [1.807, 2.05) is 13.8 Å². The number of rotatable bonds is 0. The van der Waals surface area contributed by atoms with Gasteiger partial charge in [0.25, 0.3) is 0 Å². The van der Waals surface area contributed by atoms with Crippen molar-refractivity contribution < 1.29 is 14.2 Å². The minimum atomic E-state index is -0.487. The van der Waals surface area contributed by atoms with Crippen molar-refractivity contribution in [2.45, 2.75) is 57.0 Å². The van der Waals surface area contributed by atoms with Crippen molar-refractivity contribution in [2.75, 3.05) is 6.54 Å². The zero-order chi connectivity index (χ0) is 9.76. The van der Waals surface area contributed by atoms with Gasteiger partial charge in [0, 0.05) is 0 Å². The third-order valence-corrected chi connectivity index (χ3v) is 3.20. The third-order valence-electron chi connectivity index (χ3n) is 3.20. The van der Waals surface area contributed by atoms with E-state index in [-0.39, 0.29) is 18.5 Å². The number of hydrogen-bond acceptors (Lipinski definition) is 4. The van der Waals surface area contributed by atoms with Crippen LogP contribution in [0.1, 0.15) is 26.7 Å². The molecule has 0 bridgehead atoms. The Hall–Kier alpha value is -0.160. The smallest absolute Gasteiger partial charge is 0.189 e. The first-order chi connectivity index (χ1) is 6.66. The van der Waals surface area contributed by atoms with Gasteiger partial charge in [0.2, 0.25) is 0 Å². The van der Waals surface area contributed by atoms with Crippen LogP contribution < -0.4 is 5.32 Å². The van der Waals surface area contributed by atoms with Gasteiger partial charge in [-0.1, -0.05) is 0 Å². The quantitative estimate of drug-likeness (QED) is 0.620. The lowest BCUT2D eigenvalue weighted by atomic mass is 9.99. The predicted octanol–water partition coefficient (Wildman–Crippen LogP) is 0.615. The normalized spacial score (nSPS) is 50.1. The molecule has 80 valence electrons. The van der Waals surface area contributed by atoms with Crippen molar-refractivity contribution >= 4 is 0 Å². The molecule has 0 amide bonds. The Morgan fingerprint density at radius 1 is 1.29 bits per heavy atom. The van der Waals surface area contributed by atoms with Gasteiger partial charge in [-0.15, -0.1) is 0 Å². The fraction of sp³-hybridized carbons (Fsp3) is 1.00. The summed E-state index contributed by atoms with van der Waals surface area (Å²) >= 11 is 0. The molecule has 3 saturated heterocycles. The van der Waals surface area contributed by atoms with Gasteiger partial charge in [-0.3, -0.25) is 0 Å². The highest BCUT2D eigenvalue weighted by molar-refractivity contribution is 4.99. The molecule has 0 radical (unpaired) electrons. The van der Waals surface area contributed by atoms with Crippen molar-refractivity contribution in [3.05, 3.63) is 0 Å². The van der Waals surface area contributed by atoms with Crippen molar-refractivity contribution in [2.24, 2.45) is 0 Å². The van der Waals surface area contributed by atoms with Gasteiger partial charge in [0.15, 0.2) is 12.1 Å². The number of hydrogen-bond donors (Lipinski definition) is 1. The van der Waals surface area contributed by atoms with E-state index >= 15 is 0 Å². The molecule has 4 heteroatoms. The van der Waals surface area contributed by atoms with Gasteiger partial charge in [0.05, 0.1) is 12.1 Å². The van der Waals surface area contributed by atoms with E-state index in [0.717, 1.165) is 13.0 Å². The van der Waals surface area contributed by atoms with Crippen LogP contribution in [-0.4, -0.2) is 36.9 Å². The molecule has 3 rings (SSSR count). The van der Waals surface area contributed by atoms with Crippen LogP contribution in [0.15, 0.2) is 0 Å². The van der Waals surface area contributed by atoms with Crippen molar-refractivity contribution in [1.82, 2.24) is 5.32 Å². The summed E-state index contributed by atoms with van der Waals surface area (Å²) in [7, 11) is 0. The fourth-order valence-electron chi connectivity index (χ4n) is 2.64. The molecule has 3 fully saturated rings. The molecule has 0 spiro atoms. The van der Waals surface area contributed by atoms with E-state index in [4.69, 9.17) is 14.2 Å². The van der Waals surface area contributed by atoms with Crippen LogP contribution in [0, 0.1) is 0 Å². The van der Waals surface area contributed by atoms with Gasteiger partial charge in [0.1, 0.15) is 6.10 Å². The van der Waals surface area contributed by atoms with Crippen molar-refractivity contribution in [3.63, 3.8) is 0 Å². The summed E-state index contributed by atoms with van der Waals surface area (Å²) in [6.07, 6.45) is 2.51. The minimum Gasteiger partial charge on any atom is -0.345 e. The standard InChI is InChI=1S/C10H17NO3/c1-10(2)13-8-7-6(4-3-5-11-7)12-9(8)14-10/h6-9,11H,3-5H2,1-2H3/t6-,7+,8-,9-/m1/s1. The van der Waals surface area contributed by atoms with Crippen LogP contribution >= 0.6 is 0 Å². The van der Waals surface area contributed by atoms with E-state index in [1.165, 1.54) is 6.42 Å². The summed E-state index contributed by atoms with van der Waals surface area (Å²) in [5, 5.41) is 3.46. The summed E-state index contributed by atoms with van der Waals surface area (Å²) in [4.78, 5) is 0. The summed E-state index contributed by atoms with van der Waals surface area (Å²) in [5.41, 5.74) is 0. The Labute approximate surface area is 83.9 Å². The highest BCUT2D eigenvalue weighted by Gasteiger charge is 2.54. The average molecular weight is 199 g/mol. The molecule has 1 N–H and O–H groups in total. The second-order valence-corrected chi connectivity index (χ2v) is 4.77. The largest absolute Gasteiger partial charge is 0.345 e. The van der Waals surface area contributed by atoms with Crippen molar-refractivity contribution in [3.8, 4) is 0 Å². The third kappa shape index (κ3) is 1.29. The Balaban J connectivity index is 1.78. The molecule has 0 saturated carbocycles. The maximum atomic E-state index is 5.83. The van der Waals surface area contributed by atoms with E-state index < -0.39 is 5.79 Å². The fourth-order valence-corrected chi connectivity index (χ4v) is 2.64. The summed E-state index contributed by atoms with van der Waals surface area (Å²) in [5.74, 6) is -0.487. The molecule has 14 heavy (non-hydrogen) atoms. The van der Waals surface area contributed by atoms with Crippen LogP contribution in [0.3, 0.4) is 0 Å². The van der Waals surface area contributed by atoms with E-state index in [1.54, 1.807) is 0 Å². The first-order valence-corrected chi connectivity index (χ1v) is 5.40. The Morgan fingerprint density at radius 2 is 2.14 bits per heavy atom. The first-order valence-electron chi connectivity index (χ1n) is 5.40. The number of piperidine rings is 1. The molecule has 0 unspecified atom stereocenters. The zero-order valence-corrected chi connectivity index (χ0v) is 8.66. The molecule has 0 aromatic rings. The molecular formula is C10H17NO3. The second-order valence-electron chi connectivity index (χ2n) is 4.77.